The lowest BCUT2D eigenvalue weighted by atomic mass is 10.3. The molecule has 1 heterocycles. The van der Waals surface area contributed by atoms with Crippen LogP contribution in [0, 0.1) is 0 Å². The summed E-state index contributed by atoms with van der Waals surface area (Å²) in [6.07, 6.45) is -4.79. The van der Waals surface area contributed by atoms with Gasteiger partial charge in [-0.25, -0.2) is 4.79 Å². The molecule has 6 nitrogen and oxygen atoms in total. The first kappa shape index (κ1) is 17.6. The standard InChI is InChI=1S/C14H10F3NO5S/c15-14(16,17)23-9-3-1-8(2-4-9)22-5-12(19)18-11-7-24-6-10(11)13(20)21/h1-4,6-7H,5H2,(H,18,19)(H,20,21). The Kier molecular flexibility index (Phi) is 5.29. The van der Waals surface area contributed by atoms with Gasteiger partial charge in [0.2, 0.25) is 0 Å². The van der Waals surface area contributed by atoms with Crippen molar-refractivity contribution in [3.05, 3.63) is 40.6 Å². The summed E-state index contributed by atoms with van der Waals surface area (Å²) in [5.74, 6) is -2.04. The average Bonchev–Trinajstić information content (AvgIpc) is 2.93. The number of rotatable bonds is 6. The average molecular weight is 361 g/mol. The van der Waals surface area contributed by atoms with Gasteiger partial charge >= 0.3 is 12.3 Å². The number of anilines is 1. The van der Waals surface area contributed by atoms with Gasteiger partial charge in [0.15, 0.2) is 6.61 Å². The molecule has 0 saturated carbocycles. The zero-order chi connectivity index (χ0) is 17.7. The topological polar surface area (TPSA) is 84.9 Å². The maximum absolute atomic E-state index is 12.0. The quantitative estimate of drug-likeness (QED) is 0.824. The highest BCUT2D eigenvalue weighted by Gasteiger charge is 2.30. The van der Waals surface area contributed by atoms with Gasteiger partial charge in [0.25, 0.3) is 5.91 Å². The number of ether oxygens (including phenoxy) is 2. The molecule has 0 atom stereocenters. The van der Waals surface area contributed by atoms with E-state index in [0.717, 1.165) is 23.5 Å². The number of hydrogen-bond donors (Lipinski definition) is 2. The molecule has 2 rings (SSSR count). The van der Waals surface area contributed by atoms with Crippen molar-refractivity contribution in [2.24, 2.45) is 0 Å². The number of aromatic carboxylic acids is 1. The number of carbonyl (C=O) groups is 2. The Morgan fingerprint density at radius 3 is 2.33 bits per heavy atom. The predicted octanol–water partition coefficient (Wildman–Crippen LogP) is 3.36. The molecule has 0 unspecified atom stereocenters. The third-order valence-electron chi connectivity index (χ3n) is 2.59. The lowest BCUT2D eigenvalue weighted by Crippen LogP contribution is -2.21. The molecule has 1 aromatic carbocycles. The van der Waals surface area contributed by atoms with Crippen LogP contribution in [0.2, 0.25) is 0 Å². The van der Waals surface area contributed by atoms with Gasteiger partial charge in [0.05, 0.1) is 11.3 Å². The summed E-state index contributed by atoms with van der Waals surface area (Å²) >= 11 is 1.11. The molecule has 1 amide bonds. The highest BCUT2D eigenvalue weighted by molar-refractivity contribution is 7.08. The Morgan fingerprint density at radius 1 is 1.12 bits per heavy atom. The molecule has 0 aliphatic rings. The minimum absolute atomic E-state index is 0.0398. The third kappa shape index (κ3) is 5.16. The normalized spacial score (nSPS) is 11.0. The summed E-state index contributed by atoms with van der Waals surface area (Å²) in [4.78, 5) is 22.6. The van der Waals surface area contributed by atoms with Gasteiger partial charge in [-0.1, -0.05) is 0 Å². The van der Waals surface area contributed by atoms with E-state index in [1.54, 1.807) is 0 Å². The molecular weight excluding hydrogens is 351 g/mol. The molecule has 0 spiro atoms. The molecule has 0 aliphatic heterocycles. The minimum atomic E-state index is -4.79. The maximum atomic E-state index is 12.0. The van der Waals surface area contributed by atoms with Crippen LogP contribution in [0.1, 0.15) is 10.4 Å². The zero-order valence-corrected chi connectivity index (χ0v) is 12.6. The van der Waals surface area contributed by atoms with Crippen LogP contribution in [0.4, 0.5) is 18.9 Å². The molecule has 24 heavy (non-hydrogen) atoms. The molecule has 1 aromatic heterocycles. The molecule has 0 saturated heterocycles. The smallest absolute Gasteiger partial charge is 0.484 e. The van der Waals surface area contributed by atoms with Gasteiger partial charge in [-0.3, -0.25) is 4.79 Å². The van der Waals surface area contributed by atoms with E-state index in [1.807, 2.05) is 0 Å². The van der Waals surface area contributed by atoms with E-state index in [-0.39, 0.29) is 17.0 Å². The first-order chi connectivity index (χ1) is 11.2. The Labute approximate surface area is 137 Å². The van der Waals surface area contributed by atoms with Crippen molar-refractivity contribution in [2.75, 3.05) is 11.9 Å². The van der Waals surface area contributed by atoms with Crippen molar-refractivity contribution in [3.8, 4) is 11.5 Å². The SMILES string of the molecule is O=C(COc1ccc(OC(F)(F)F)cc1)Nc1cscc1C(=O)O. The molecule has 10 heteroatoms. The summed E-state index contributed by atoms with van der Waals surface area (Å²) in [5.41, 5.74) is 0.108. The monoisotopic (exact) mass is 361 g/mol. The second-order valence-corrected chi connectivity index (χ2v) is 5.10. The number of carboxylic acids is 1. The highest BCUT2D eigenvalue weighted by Crippen LogP contribution is 2.25. The van der Waals surface area contributed by atoms with Gasteiger partial charge in [0, 0.05) is 10.8 Å². The van der Waals surface area contributed by atoms with Crippen molar-refractivity contribution >= 4 is 28.9 Å². The summed E-state index contributed by atoms with van der Waals surface area (Å²) in [6.45, 7) is -0.436. The highest BCUT2D eigenvalue weighted by atomic mass is 32.1. The van der Waals surface area contributed by atoms with Crippen LogP contribution in [0.3, 0.4) is 0 Å². The van der Waals surface area contributed by atoms with Crippen molar-refractivity contribution in [3.63, 3.8) is 0 Å². The number of benzene rings is 1. The second-order valence-electron chi connectivity index (χ2n) is 4.36. The number of alkyl halides is 3. The predicted molar refractivity (Wildman–Crippen MR) is 78.5 cm³/mol. The number of carboxylic acid groups (broad SMARTS) is 1. The number of carbonyl (C=O) groups excluding carboxylic acids is 1. The van der Waals surface area contributed by atoms with E-state index in [4.69, 9.17) is 9.84 Å². The zero-order valence-electron chi connectivity index (χ0n) is 11.8. The van der Waals surface area contributed by atoms with Crippen molar-refractivity contribution in [1.29, 1.82) is 0 Å². The van der Waals surface area contributed by atoms with Crippen LogP contribution in [0.15, 0.2) is 35.0 Å². The van der Waals surface area contributed by atoms with Crippen molar-refractivity contribution < 1.29 is 37.3 Å². The van der Waals surface area contributed by atoms with Gasteiger partial charge in [-0.05, 0) is 24.3 Å². The lowest BCUT2D eigenvalue weighted by Gasteiger charge is -2.10. The fourth-order valence-electron chi connectivity index (χ4n) is 1.63. The van der Waals surface area contributed by atoms with Crippen LogP contribution in [-0.2, 0) is 4.79 Å². The van der Waals surface area contributed by atoms with E-state index in [2.05, 4.69) is 10.1 Å². The fourth-order valence-corrected chi connectivity index (χ4v) is 2.39. The largest absolute Gasteiger partial charge is 0.573 e. The Balaban J connectivity index is 1.87. The molecule has 2 aromatic rings. The van der Waals surface area contributed by atoms with Gasteiger partial charge < -0.3 is 19.9 Å². The summed E-state index contributed by atoms with van der Waals surface area (Å²) in [7, 11) is 0. The summed E-state index contributed by atoms with van der Waals surface area (Å²) < 4.78 is 44.9. The number of nitrogens with one attached hydrogen (secondary N) is 1. The van der Waals surface area contributed by atoms with Crippen molar-refractivity contribution in [1.82, 2.24) is 0 Å². The molecule has 0 aliphatic carbocycles. The van der Waals surface area contributed by atoms with Gasteiger partial charge in [-0.15, -0.1) is 24.5 Å². The summed E-state index contributed by atoms with van der Waals surface area (Å²) in [6, 6.07) is 4.51. The molecule has 0 bridgehead atoms. The minimum Gasteiger partial charge on any atom is -0.484 e. The van der Waals surface area contributed by atoms with E-state index >= 15 is 0 Å². The van der Waals surface area contributed by atoms with E-state index < -0.39 is 30.6 Å². The van der Waals surface area contributed by atoms with Crippen LogP contribution in [0.25, 0.3) is 0 Å². The number of hydrogen-bond acceptors (Lipinski definition) is 5. The molecule has 0 fully saturated rings. The second kappa shape index (κ2) is 7.21. The molecular formula is C14H10F3NO5S. The van der Waals surface area contributed by atoms with Crippen LogP contribution >= 0.6 is 11.3 Å². The third-order valence-corrected chi connectivity index (χ3v) is 3.34. The summed E-state index contributed by atoms with van der Waals surface area (Å²) in [5, 5.41) is 14.1. The maximum Gasteiger partial charge on any atom is 0.573 e. The van der Waals surface area contributed by atoms with E-state index in [1.165, 1.54) is 22.9 Å². The molecule has 0 radical (unpaired) electrons. The molecule has 128 valence electrons. The van der Waals surface area contributed by atoms with E-state index in [0.29, 0.717) is 0 Å². The molecule has 2 N–H and O–H groups in total. The number of amides is 1. The Bertz CT molecular complexity index is 727. The van der Waals surface area contributed by atoms with Gasteiger partial charge in [0.1, 0.15) is 11.5 Å². The fraction of sp³-hybridized carbons (Fsp3) is 0.143. The first-order valence-corrected chi connectivity index (χ1v) is 7.27. The number of thiophene rings is 1. The first-order valence-electron chi connectivity index (χ1n) is 6.32. The van der Waals surface area contributed by atoms with Crippen molar-refractivity contribution in [2.45, 2.75) is 6.36 Å². The Morgan fingerprint density at radius 2 is 1.75 bits per heavy atom. The van der Waals surface area contributed by atoms with Gasteiger partial charge in [-0.2, -0.15) is 0 Å². The number of halogens is 3. The van der Waals surface area contributed by atoms with Crippen LogP contribution in [-0.4, -0.2) is 30.0 Å². The van der Waals surface area contributed by atoms with E-state index in [9.17, 15) is 22.8 Å². The lowest BCUT2D eigenvalue weighted by molar-refractivity contribution is -0.274. The van der Waals surface area contributed by atoms with Crippen LogP contribution in [0.5, 0.6) is 11.5 Å². The van der Waals surface area contributed by atoms with Crippen LogP contribution < -0.4 is 14.8 Å². The Hall–Kier alpha value is -2.75.